The number of hydrogen-bond acceptors (Lipinski definition) is 10. The van der Waals surface area contributed by atoms with Crippen molar-refractivity contribution >= 4 is 116 Å². The maximum absolute atomic E-state index is 13.7. The zero-order valence-electron chi connectivity index (χ0n) is 35.3. The Labute approximate surface area is 401 Å². The zero-order chi connectivity index (χ0) is 50.4. The van der Waals surface area contributed by atoms with Crippen LogP contribution in [0, 0.1) is 13.8 Å². The minimum atomic E-state index is -4.91. The summed E-state index contributed by atoms with van der Waals surface area (Å²) >= 11 is 23.8. The molecule has 68 heavy (non-hydrogen) atoms. The van der Waals surface area contributed by atoms with Crippen LogP contribution in [0.15, 0.2) is 105 Å². The summed E-state index contributed by atoms with van der Waals surface area (Å²) in [6, 6.07) is 12.8. The first-order chi connectivity index (χ1) is 31.8. The molecule has 354 valence electrons. The standard InChI is InChI=1S/C44H32Cl4F6N8O6/c1-19-20(2)32(56-42(68)38(22(4)64)62-60-24-12-14-28(46)26(18-24)40(66)58-34-10-6-8-30(48)36(34)44(52,53)54)16-15-31(19)55-41(67)37(21(3)63)61-59-23-11-13-27(45)25(17-23)39(65)57-33-9-5-7-29(47)35(33)43(49,50)51/h5-18,37-38H,1-4H3,(H,55,67)(H,56,68)(H,57,65)(H,58,66). The van der Waals surface area contributed by atoms with Gasteiger partial charge in [0.2, 0.25) is 12.1 Å². The molecule has 0 heterocycles. The van der Waals surface area contributed by atoms with E-state index in [0.29, 0.717) is 11.1 Å². The normalized spacial score (nSPS) is 12.7. The van der Waals surface area contributed by atoms with Crippen molar-refractivity contribution < 1.29 is 55.1 Å². The van der Waals surface area contributed by atoms with Gasteiger partial charge in [0, 0.05) is 11.4 Å². The van der Waals surface area contributed by atoms with E-state index in [1.54, 1.807) is 13.8 Å². The Hall–Kier alpha value is -6.74. The molecule has 0 aliphatic carbocycles. The van der Waals surface area contributed by atoms with Crippen LogP contribution in [0.5, 0.6) is 0 Å². The molecule has 0 saturated heterocycles. The second-order valence-electron chi connectivity index (χ2n) is 14.4. The van der Waals surface area contributed by atoms with Crippen molar-refractivity contribution in [3.63, 3.8) is 0 Å². The Bertz CT molecular complexity index is 2740. The van der Waals surface area contributed by atoms with E-state index in [2.05, 4.69) is 41.7 Å². The van der Waals surface area contributed by atoms with E-state index in [1.807, 2.05) is 0 Å². The van der Waals surface area contributed by atoms with Gasteiger partial charge in [-0.25, -0.2) is 0 Å². The number of benzene rings is 5. The van der Waals surface area contributed by atoms with Gasteiger partial charge >= 0.3 is 12.4 Å². The predicted molar refractivity (Wildman–Crippen MR) is 243 cm³/mol. The SMILES string of the molecule is CC(=O)C(N=Nc1ccc(Cl)c(C(=O)Nc2cccc(Cl)c2C(F)(F)F)c1)C(=O)Nc1ccc(NC(=O)C(N=Nc2ccc(Cl)c(C(=O)Nc3cccc(Cl)c3C(F)(F)F)c2)C(C)=O)c(C)c1C. The molecule has 0 radical (unpaired) electrons. The average Bonchev–Trinajstić information content (AvgIpc) is 3.23. The van der Waals surface area contributed by atoms with E-state index >= 15 is 0 Å². The summed E-state index contributed by atoms with van der Waals surface area (Å²) in [7, 11) is 0. The number of amides is 4. The quantitative estimate of drug-likeness (QED) is 0.0484. The second-order valence-corrected chi connectivity index (χ2v) is 16.0. The van der Waals surface area contributed by atoms with Gasteiger partial charge in [-0.1, -0.05) is 58.5 Å². The van der Waals surface area contributed by atoms with E-state index < -0.39 is 92.2 Å². The third-order valence-corrected chi connectivity index (χ3v) is 10.9. The van der Waals surface area contributed by atoms with E-state index in [0.717, 1.165) is 50.2 Å². The maximum atomic E-state index is 13.7. The Kier molecular flexibility index (Phi) is 16.5. The highest BCUT2D eigenvalue weighted by atomic mass is 35.5. The summed E-state index contributed by atoms with van der Waals surface area (Å²) in [5, 5.41) is 23.2. The van der Waals surface area contributed by atoms with Gasteiger partial charge < -0.3 is 21.3 Å². The third-order valence-electron chi connectivity index (χ3n) is 9.63. The molecule has 5 aromatic rings. The lowest BCUT2D eigenvalue weighted by atomic mass is 10.0. The second kappa shape index (κ2) is 21.5. The number of rotatable bonds is 14. The minimum absolute atomic E-state index is 0.0996. The molecule has 5 rings (SSSR count). The molecule has 0 fully saturated rings. The van der Waals surface area contributed by atoms with Crippen LogP contribution in [0.3, 0.4) is 0 Å². The highest BCUT2D eigenvalue weighted by Gasteiger charge is 2.38. The Morgan fingerprint density at radius 2 is 0.838 bits per heavy atom. The topological polar surface area (TPSA) is 200 Å². The molecule has 0 aliphatic heterocycles. The van der Waals surface area contributed by atoms with E-state index in [-0.39, 0.29) is 43.9 Å². The summed E-state index contributed by atoms with van der Waals surface area (Å²) in [5.41, 5.74) is -3.54. The fourth-order valence-corrected chi connectivity index (χ4v) is 7.06. The molecule has 4 amide bonds. The average molecular weight is 1020 g/mol. The molecule has 14 nitrogen and oxygen atoms in total. The van der Waals surface area contributed by atoms with Gasteiger partial charge in [0.05, 0.1) is 65.1 Å². The zero-order valence-corrected chi connectivity index (χ0v) is 38.3. The fourth-order valence-electron chi connectivity index (χ4n) is 6.09. The largest absolute Gasteiger partial charge is 0.419 e. The summed E-state index contributed by atoms with van der Waals surface area (Å²) in [6.45, 7) is 5.26. The van der Waals surface area contributed by atoms with Crippen LogP contribution in [0.25, 0.3) is 0 Å². The van der Waals surface area contributed by atoms with Crippen LogP contribution < -0.4 is 21.3 Å². The van der Waals surface area contributed by atoms with Crippen molar-refractivity contribution in [1.29, 1.82) is 0 Å². The molecule has 24 heteroatoms. The highest BCUT2D eigenvalue weighted by molar-refractivity contribution is 6.35. The van der Waals surface area contributed by atoms with Crippen molar-refractivity contribution in [3.8, 4) is 0 Å². The molecule has 2 unspecified atom stereocenters. The van der Waals surface area contributed by atoms with Crippen LogP contribution in [-0.4, -0.2) is 47.3 Å². The molecular formula is C44H32Cl4F6N8O6. The van der Waals surface area contributed by atoms with E-state index in [4.69, 9.17) is 46.4 Å². The molecule has 0 aliphatic rings. The van der Waals surface area contributed by atoms with Crippen LogP contribution in [-0.2, 0) is 31.5 Å². The van der Waals surface area contributed by atoms with Crippen LogP contribution in [0.2, 0.25) is 20.1 Å². The van der Waals surface area contributed by atoms with Gasteiger partial charge in [-0.05, 0) is 112 Å². The van der Waals surface area contributed by atoms with E-state index in [1.165, 1.54) is 48.5 Å². The number of halogens is 10. The number of carbonyl (C=O) groups excluding carboxylic acids is 6. The van der Waals surface area contributed by atoms with Gasteiger partial charge in [-0.2, -0.15) is 46.8 Å². The smallest absolute Gasteiger partial charge is 0.324 e. The molecule has 5 aromatic carbocycles. The van der Waals surface area contributed by atoms with E-state index in [9.17, 15) is 55.1 Å². The number of Topliss-reactive ketones (excluding diaryl/α,β-unsaturated/α-hetero) is 2. The first kappa shape index (κ1) is 52.2. The molecule has 0 bridgehead atoms. The Morgan fingerprint density at radius 3 is 1.16 bits per heavy atom. The van der Waals surface area contributed by atoms with Crippen molar-refractivity contribution in [2.24, 2.45) is 20.5 Å². The fraction of sp³-hybridized carbons (Fsp3) is 0.182. The van der Waals surface area contributed by atoms with Gasteiger partial charge in [0.1, 0.15) is 0 Å². The minimum Gasteiger partial charge on any atom is -0.324 e. The monoisotopic (exact) mass is 1020 g/mol. The number of azo groups is 2. The summed E-state index contributed by atoms with van der Waals surface area (Å²) < 4.78 is 82.0. The predicted octanol–water partition coefficient (Wildman–Crippen LogP) is 12.8. The van der Waals surface area contributed by atoms with Gasteiger partial charge in [-0.3, -0.25) is 28.8 Å². The van der Waals surface area contributed by atoms with Crippen LogP contribution in [0.4, 0.5) is 60.5 Å². The lowest BCUT2D eigenvalue weighted by Gasteiger charge is -2.17. The van der Waals surface area contributed by atoms with Crippen molar-refractivity contribution in [2.45, 2.75) is 52.1 Å². The molecule has 4 N–H and O–H groups in total. The first-order valence-electron chi connectivity index (χ1n) is 19.3. The highest BCUT2D eigenvalue weighted by Crippen LogP contribution is 2.41. The number of ketones is 2. The number of carbonyl (C=O) groups is 6. The third kappa shape index (κ3) is 12.6. The lowest BCUT2D eigenvalue weighted by Crippen LogP contribution is -2.33. The van der Waals surface area contributed by atoms with Crippen molar-refractivity contribution in [1.82, 2.24) is 0 Å². The number of alkyl halides is 6. The maximum Gasteiger partial charge on any atom is 0.419 e. The summed E-state index contributed by atoms with van der Waals surface area (Å²) in [5.74, 6) is -5.51. The van der Waals surface area contributed by atoms with Gasteiger partial charge in [0.25, 0.3) is 23.6 Å². The molecule has 2 atom stereocenters. The van der Waals surface area contributed by atoms with Crippen LogP contribution >= 0.6 is 46.4 Å². The Balaban J connectivity index is 1.28. The Morgan fingerprint density at radius 1 is 0.485 bits per heavy atom. The molecule has 0 spiro atoms. The van der Waals surface area contributed by atoms with Crippen molar-refractivity contribution in [2.75, 3.05) is 21.3 Å². The van der Waals surface area contributed by atoms with Gasteiger partial charge in [-0.15, -0.1) is 0 Å². The number of hydrogen-bond donors (Lipinski definition) is 4. The lowest BCUT2D eigenvalue weighted by molar-refractivity contribution is -0.137. The molecule has 0 aromatic heterocycles. The number of nitrogens with zero attached hydrogens (tertiary/aromatic N) is 4. The summed E-state index contributed by atoms with van der Waals surface area (Å²) in [6.07, 6.45) is -9.82. The van der Waals surface area contributed by atoms with Gasteiger partial charge in [0.15, 0.2) is 11.6 Å². The molecule has 0 saturated carbocycles. The summed E-state index contributed by atoms with van der Waals surface area (Å²) in [4.78, 5) is 78.0. The number of anilines is 4. The first-order valence-corrected chi connectivity index (χ1v) is 20.8. The number of nitrogens with one attached hydrogen (secondary N) is 4. The van der Waals surface area contributed by atoms with Crippen molar-refractivity contribution in [3.05, 3.63) is 138 Å². The molecular weight excluding hydrogens is 992 g/mol. The van der Waals surface area contributed by atoms with Crippen LogP contribution in [0.1, 0.15) is 56.8 Å².